The van der Waals surface area contributed by atoms with Gasteiger partial charge in [-0.25, -0.2) is 13.6 Å². The summed E-state index contributed by atoms with van der Waals surface area (Å²) in [5.41, 5.74) is 0.287. The van der Waals surface area contributed by atoms with E-state index in [9.17, 15) is 17.6 Å². The summed E-state index contributed by atoms with van der Waals surface area (Å²) in [4.78, 5) is 13.4. The van der Waals surface area contributed by atoms with Crippen LogP contribution in [0.4, 0.5) is 13.6 Å². The van der Waals surface area contributed by atoms with Gasteiger partial charge in [-0.3, -0.25) is 0 Å². The summed E-state index contributed by atoms with van der Waals surface area (Å²) in [6.45, 7) is 5.95. The van der Waals surface area contributed by atoms with Crippen LogP contribution in [0.5, 0.6) is 5.75 Å². The number of piperidine rings is 1. The maximum atomic E-state index is 15.0. The average Bonchev–Trinajstić information content (AvgIpc) is 3.27. The van der Waals surface area contributed by atoms with Gasteiger partial charge < -0.3 is 18.9 Å². The first-order chi connectivity index (χ1) is 18.7. The Balaban J connectivity index is 1.57. The number of carbonyl (C=O) groups is 1. The van der Waals surface area contributed by atoms with Gasteiger partial charge in [-0.1, -0.05) is 23.7 Å². The van der Waals surface area contributed by atoms with Crippen molar-refractivity contribution in [3.63, 3.8) is 0 Å². The molecule has 9 nitrogen and oxygen atoms in total. The van der Waals surface area contributed by atoms with E-state index in [1.54, 1.807) is 37.8 Å². The van der Waals surface area contributed by atoms with Gasteiger partial charge in [0, 0.05) is 54.7 Å². The van der Waals surface area contributed by atoms with E-state index >= 15 is 4.39 Å². The zero-order chi connectivity index (χ0) is 29.2. The predicted octanol–water partition coefficient (Wildman–Crippen LogP) is 5.12. The first-order valence-corrected chi connectivity index (χ1v) is 15.0. The second kappa shape index (κ2) is 11.8. The van der Waals surface area contributed by atoms with Crippen molar-refractivity contribution in [1.82, 2.24) is 13.8 Å². The number of rotatable bonds is 6. The number of hydrogen-bond donors (Lipinski definition) is 0. The van der Waals surface area contributed by atoms with Crippen molar-refractivity contribution in [3.05, 3.63) is 69.7 Å². The molecule has 0 aliphatic carbocycles. The molecule has 1 fully saturated rings. The molecule has 0 radical (unpaired) electrons. The lowest BCUT2D eigenvalue weighted by molar-refractivity contribution is 0.0110. The number of nitrogens with zero attached hydrogens (tertiary/aromatic N) is 4. The van der Waals surface area contributed by atoms with E-state index in [2.05, 4.69) is 8.77 Å². The highest BCUT2D eigenvalue weighted by molar-refractivity contribution is 7.90. The summed E-state index contributed by atoms with van der Waals surface area (Å²) in [6.07, 6.45) is 1.45. The van der Waals surface area contributed by atoms with Crippen LogP contribution < -0.4 is 9.54 Å². The Morgan fingerprint density at radius 1 is 1.20 bits per heavy atom. The van der Waals surface area contributed by atoms with Gasteiger partial charge in [-0.05, 0) is 50.8 Å². The Labute approximate surface area is 240 Å². The molecular weight excluding hydrogens is 586 g/mol. The number of amides is 1. The van der Waals surface area contributed by atoms with E-state index in [1.165, 1.54) is 17.9 Å². The highest BCUT2D eigenvalue weighted by Gasteiger charge is 2.35. The van der Waals surface area contributed by atoms with Gasteiger partial charge in [0.15, 0.2) is 11.6 Å². The number of sulfonamides is 1. The summed E-state index contributed by atoms with van der Waals surface area (Å²) in [5, 5.41) is 0.575. The number of carbonyl (C=O) groups excluding carboxylic acids is 1. The van der Waals surface area contributed by atoms with Crippen molar-refractivity contribution in [2.75, 3.05) is 19.7 Å². The van der Waals surface area contributed by atoms with Crippen LogP contribution in [-0.2, 0) is 21.8 Å². The highest BCUT2D eigenvalue weighted by atomic mass is 35.5. The van der Waals surface area contributed by atoms with Crippen LogP contribution in [0.25, 0.3) is 0 Å². The van der Waals surface area contributed by atoms with Crippen LogP contribution >= 0.6 is 23.1 Å². The van der Waals surface area contributed by atoms with Crippen LogP contribution in [-0.4, -0.2) is 53.6 Å². The Hall–Kier alpha value is -3.03. The largest absolute Gasteiger partial charge is 0.490 e. The minimum atomic E-state index is -4.56. The first kappa shape index (κ1) is 29.9. The summed E-state index contributed by atoms with van der Waals surface area (Å²) in [5.74, 6) is -3.10. The molecule has 1 aliphatic heterocycles. The average molecular weight is 615 g/mol. The van der Waals surface area contributed by atoms with E-state index in [0.29, 0.717) is 30.1 Å². The molecule has 1 aromatic heterocycles. The van der Waals surface area contributed by atoms with Gasteiger partial charge in [-0.2, -0.15) is 12.8 Å². The highest BCUT2D eigenvalue weighted by Crippen LogP contribution is 2.35. The number of ether oxygens (including phenoxy) is 2. The molecule has 2 heterocycles. The zero-order valence-corrected chi connectivity index (χ0v) is 24.7. The Bertz CT molecular complexity index is 1550. The monoisotopic (exact) mass is 614 g/mol. The summed E-state index contributed by atoms with van der Waals surface area (Å²) in [7, 11) is -3.03. The maximum Gasteiger partial charge on any atom is 0.410 e. The standard InChI is InChI=1S/C26H29ClF2N4O5S2/c1-26(2,3)38-25(34)33-10-9-19(16-5-7-18(27)8-6-16)17(13-33)14-37-22-11-21(29)23(12-20(22)28)40(35,36)31-24-32(4)15-30-39-24/h5-8,11-12,15,17,19H,9-10,13-14H2,1-4H3. The molecule has 1 aliphatic rings. The maximum absolute atomic E-state index is 15.0. The SMILES string of the molecule is Cn1cnsc1=NS(=O)(=O)c1cc(F)c(OCC2CN(C(=O)OC(C)(C)C)CCC2c2ccc(Cl)cc2)cc1F. The normalized spacial score (nSPS) is 18.6. The summed E-state index contributed by atoms with van der Waals surface area (Å²) in [6, 6.07) is 8.54. The van der Waals surface area contributed by atoms with Crippen molar-refractivity contribution >= 4 is 39.2 Å². The Kier molecular flexibility index (Phi) is 8.86. The molecule has 216 valence electrons. The molecule has 4 rings (SSSR count). The van der Waals surface area contributed by atoms with E-state index in [0.717, 1.165) is 17.1 Å². The van der Waals surface area contributed by atoms with Gasteiger partial charge in [0.1, 0.15) is 22.6 Å². The smallest absolute Gasteiger partial charge is 0.410 e. The molecule has 1 saturated heterocycles. The third kappa shape index (κ3) is 7.18. The molecule has 0 N–H and O–H groups in total. The van der Waals surface area contributed by atoms with Gasteiger partial charge >= 0.3 is 6.09 Å². The lowest BCUT2D eigenvalue weighted by atomic mass is 9.81. The molecule has 2 atom stereocenters. The quantitative estimate of drug-likeness (QED) is 0.382. The van der Waals surface area contributed by atoms with Crippen LogP contribution in [0.15, 0.2) is 52.0 Å². The van der Waals surface area contributed by atoms with E-state index in [1.807, 2.05) is 12.1 Å². The van der Waals surface area contributed by atoms with Crippen molar-refractivity contribution in [2.45, 2.75) is 43.6 Å². The number of benzene rings is 2. The third-order valence-electron chi connectivity index (χ3n) is 6.26. The van der Waals surface area contributed by atoms with E-state index in [-0.39, 0.29) is 29.8 Å². The Morgan fingerprint density at radius 2 is 1.90 bits per heavy atom. The number of likely N-dealkylation sites (tertiary alicyclic amines) is 1. The Morgan fingerprint density at radius 3 is 2.52 bits per heavy atom. The molecule has 2 aromatic carbocycles. The molecule has 0 saturated carbocycles. The number of aromatic nitrogens is 2. The first-order valence-electron chi connectivity index (χ1n) is 12.4. The van der Waals surface area contributed by atoms with Gasteiger partial charge in [0.2, 0.25) is 4.80 Å². The number of halogens is 3. The molecule has 40 heavy (non-hydrogen) atoms. The molecule has 14 heteroatoms. The van der Waals surface area contributed by atoms with E-state index in [4.69, 9.17) is 21.1 Å². The topological polar surface area (TPSA) is 103 Å². The van der Waals surface area contributed by atoms with Crippen LogP contribution in [0.1, 0.15) is 38.7 Å². The minimum absolute atomic E-state index is 0.000200. The third-order valence-corrected chi connectivity index (χ3v) is 8.65. The van der Waals surface area contributed by atoms with Crippen molar-refractivity contribution in [3.8, 4) is 5.75 Å². The van der Waals surface area contributed by atoms with Crippen molar-refractivity contribution in [2.24, 2.45) is 17.4 Å². The van der Waals surface area contributed by atoms with Crippen LogP contribution in [0.3, 0.4) is 0 Å². The van der Waals surface area contributed by atoms with E-state index < -0.39 is 44.0 Å². The van der Waals surface area contributed by atoms with Gasteiger partial charge in [0.25, 0.3) is 10.0 Å². The minimum Gasteiger partial charge on any atom is -0.490 e. The second-order valence-corrected chi connectivity index (χ2v) is 13.2. The fourth-order valence-corrected chi connectivity index (χ4v) is 6.35. The fourth-order valence-electron chi connectivity index (χ4n) is 4.35. The van der Waals surface area contributed by atoms with Crippen LogP contribution in [0.2, 0.25) is 5.02 Å². The van der Waals surface area contributed by atoms with Gasteiger partial charge in [-0.15, -0.1) is 4.40 Å². The number of aryl methyl sites for hydroxylation is 1. The summed E-state index contributed by atoms with van der Waals surface area (Å²) >= 11 is 6.85. The number of hydrogen-bond acceptors (Lipinski definition) is 7. The molecule has 2 unspecified atom stereocenters. The molecule has 1 amide bonds. The molecule has 0 bridgehead atoms. The van der Waals surface area contributed by atoms with Crippen LogP contribution in [0, 0.1) is 17.6 Å². The van der Waals surface area contributed by atoms with Gasteiger partial charge in [0.05, 0.1) is 6.61 Å². The predicted molar refractivity (Wildman–Crippen MR) is 146 cm³/mol. The van der Waals surface area contributed by atoms with Crippen molar-refractivity contribution in [1.29, 1.82) is 0 Å². The summed E-state index contributed by atoms with van der Waals surface area (Å²) < 4.78 is 75.2. The lowest BCUT2D eigenvalue weighted by Crippen LogP contribution is -2.46. The lowest BCUT2D eigenvalue weighted by Gasteiger charge is -2.39. The molecular formula is C26H29ClF2N4O5S2. The molecule has 3 aromatic rings. The zero-order valence-electron chi connectivity index (χ0n) is 22.3. The van der Waals surface area contributed by atoms with Crippen molar-refractivity contribution < 1.29 is 31.5 Å². The second-order valence-electron chi connectivity index (χ2n) is 10.4. The fraction of sp³-hybridized carbons (Fsp3) is 0.423. The molecule has 0 spiro atoms.